The zero-order chi connectivity index (χ0) is 20.3. The fourth-order valence-corrected chi connectivity index (χ4v) is 3.48. The lowest BCUT2D eigenvalue weighted by Crippen LogP contribution is -2.00. The third-order valence-corrected chi connectivity index (χ3v) is 5.06. The third kappa shape index (κ3) is 3.65. The molecule has 5 heteroatoms. The minimum Gasteiger partial charge on any atom is -0.267 e. The number of rotatable bonds is 5. The summed E-state index contributed by atoms with van der Waals surface area (Å²) in [5.41, 5.74) is 7.29. The average Bonchev–Trinajstić information content (AvgIpc) is 3.37. The van der Waals surface area contributed by atoms with Crippen molar-refractivity contribution in [3.05, 3.63) is 108 Å². The number of hydrogen-bond acceptors (Lipinski definition) is 3. The molecule has 0 atom stereocenters. The van der Waals surface area contributed by atoms with Gasteiger partial charge in [-0.2, -0.15) is 10.2 Å². The number of fused-ring (bicyclic) bond motifs is 1. The van der Waals surface area contributed by atoms with Crippen molar-refractivity contribution in [2.24, 2.45) is 5.10 Å². The van der Waals surface area contributed by atoms with Crippen LogP contribution in [0.4, 0.5) is 0 Å². The van der Waals surface area contributed by atoms with Crippen LogP contribution in [0.2, 0.25) is 0 Å². The Balaban J connectivity index is 1.54. The smallest absolute Gasteiger partial charge is 0.118 e. The van der Waals surface area contributed by atoms with Gasteiger partial charge in [-0.15, -0.1) is 0 Å². The maximum atomic E-state index is 4.87. The van der Waals surface area contributed by atoms with Crippen molar-refractivity contribution in [3.63, 3.8) is 0 Å². The first-order valence-electron chi connectivity index (χ1n) is 9.91. The van der Waals surface area contributed by atoms with Crippen LogP contribution in [0.1, 0.15) is 16.7 Å². The van der Waals surface area contributed by atoms with Crippen LogP contribution in [-0.4, -0.2) is 25.7 Å². The van der Waals surface area contributed by atoms with Crippen molar-refractivity contribution < 1.29 is 0 Å². The Morgan fingerprint density at radius 3 is 2.50 bits per heavy atom. The molecule has 3 aromatic carbocycles. The molecule has 0 spiro atoms. The summed E-state index contributed by atoms with van der Waals surface area (Å²) in [4.78, 5) is 4.41. The van der Waals surface area contributed by atoms with Gasteiger partial charge in [0.25, 0.3) is 0 Å². The van der Waals surface area contributed by atoms with Crippen LogP contribution in [0, 0.1) is 6.92 Å². The second-order valence-corrected chi connectivity index (χ2v) is 7.30. The van der Waals surface area contributed by atoms with Gasteiger partial charge in [-0.05, 0) is 24.6 Å². The molecule has 0 N–H and O–H groups in total. The molecule has 5 rings (SSSR count). The Hall–Kier alpha value is -3.99. The molecule has 0 saturated heterocycles. The monoisotopic (exact) mass is 391 g/mol. The molecular weight excluding hydrogens is 370 g/mol. The first-order chi connectivity index (χ1) is 14.8. The summed E-state index contributed by atoms with van der Waals surface area (Å²) in [5, 5.41) is 9.53. The zero-order valence-electron chi connectivity index (χ0n) is 16.7. The summed E-state index contributed by atoms with van der Waals surface area (Å²) < 4.78 is 3.76. The molecule has 0 radical (unpaired) electrons. The fraction of sp³-hybridized carbons (Fsp3) is 0.0800. The van der Waals surface area contributed by atoms with Crippen molar-refractivity contribution in [1.29, 1.82) is 0 Å². The third-order valence-electron chi connectivity index (χ3n) is 5.06. The summed E-state index contributed by atoms with van der Waals surface area (Å²) in [6.07, 6.45) is 5.64. The molecule has 0 aliphatic rings. The van der Waals surface area contributed by atoms with Crippen LogP contribution >= 0.6 is 0 Å². The van der Waals surface area contributed by atoms with E-state index < -0.39 is 0 Å². The quantitative estimate of drug-likeness (QED) is 0.390. The van der Waals surface area contributed by atoms with Gasteiger partial charge in [-0.1, -0.05) is 72.3 Å². The molecule has 0 saturated carbocycles. The molecule has 0 unspecified atom stereocenters. The van der Waals surface area contributed by atoms with E-state index in [1.807, 2.05) is 59.6 Å². The Bertz CT molecular complexity index is 1310. The highest BCUT2D eigenvalue weighted by Gasteiger charge is 2.11. The lowest BCUT2D eigenvalue weighted by Gasteiger charge is -2.02. The molecule has 30 heavy (non-hydrogen) atoms. The first-order valence-corrected chi connectivity index (χ1v) is 9.91. The van der Waals surface area contributed by atoms with Crippen molar-refractivity contribution in [2.75, 3.05) is 0 Å². The molecular formula is C25H21N5. The Morgan fingerprint density at radius 2 is 1.67 bits per heavy atom. The van der Waals surface area contributed by atoms with Gasteiger partial charge in [0, 0.05) is 17.3 Å². The summed E-state index contributed by atoms with van der Waals surface area (Å²) in [7, 11) is 0. The minimum atomic E-state index is 0.710. The number of aromatic nitrogens is 4. The molecule has 2 aromatic heterocycles. The predicted octanol–water partition coefficient (Wildman–Crippen LogP) is 5.14. The highest BCUT2D eigenvalue weighted by atomic mass is 15.4. The molecule has 0 amide bonds. The fourth-order valence-electron chi connectivity index (χ4n) is 3.48. The summed E-state index contributed by atoms with van der Waals surface area (Å²) >= 11 is 0. The maximum Gasteiger partial charge on any atom is 0.118 e. The van der Waals surface area contributed by atoms with Gasteiger partial charge in [-0.3, -0.25) is 4.68 Å². The van der Waals surface area contributed by atoms with Crippen molar-refractivity contribution in [3.8, 4) is 11.3 Å². The van der Waals surface area contributed by atoms with E-state index in [1.54, 1.807) is 11.0 Å². The number of benzene rings is 3. The lowest BCUT2D eigenvalue weighted by atomic mass is 10.1. The number of hydrogen-bond donors (Lipinski definition) is 0. The van der Waals surface area contributed by atoms with E-state index in [0.717, 1.165) is 27.9 Å². The minimum absolute atomic E-state index is 0.710. The van der Waals surface area contributed by atoms with Gasteiger partial charge in [0.15, 0.2) is 0 Å². The SMILES string of the molecule is Cc1ccc(-c2nn(Cc3ccccc3)cc2/C=N\n2cnc3ccccc32)cc1. The van der Waals surface area contributed by atoms with Crippen LogP contribution in [0.25, 0.3) is 22.3 Å². The van der Waals surface area contributed by atoms with Gasteiger partial charge in [-0.25, -0.2) is 9.66 Å². The van der Waals surface area contributed by atoms with E-state index in [0.29, 0.717) is 6.54 Å². The number of imidazole rings is 1. The Labute approximate surface area is 174 Å². The second kappa shape index (κ2) is 7.79. The molecule has 0 aliphatic heterocycles. The van der Waals surface area contributed by atoms with Crippen LogP contribution in [0.5, 0.6) is 0 Å². The largest absolute Gasteiger partial charge is 0.267 e. The molecule has 146 valence electrons. The highest BCUT2D eigenvalue weighted by Crippen LogP contribution is 2.22. The van der Waals surface area contributed by atoms with E-state index in [1.165, 1.54) is 11.1 Å². The summed E-state index contributed by atoms with van der Waals surface area (Å²) in [6, 6.07) is 26.7. The second-order valence-electron chi connectivity index (χ2n) is 7.30. The van der Waals surface area contributed by atoms with E-state index in [-0.39, 0.29) is 0 Å². The van der Waals surface area contributed by atoms with Gasteiger partial charge >= 0.3 is 0 Å². The van der Waals surface area contributed by atoms with E-state index in [9.17, 15) is 0 Å². The predicted molar refractivity (Wildman–Crippen MR) is 121 cm³/mol. The van der Waals surface area contributed by atoms with Gasteiger partial charge in [0.1, 0.15) is 12.0 Å². The van der Waals surface area contributed by atoms with Gasteiger partial charge in [0.05, 0.1) is 23.8 Å². The van der Waals surface area contributed by atoms with Crippen molar-refractivity contribution >= 4 is 17.2 Å². The normalized spacial score (nSPS) is 11.5. The van der Waals surface area contributed by atoms with Crippen molar-refractivity contribution in [2.45, 2.75) is 13.5 Å². The Kier molecular flexibility index (Phi) is 4.69. The van der Waals surface area contributed by atoms with Gasteiger partial charge in [0.2, 0.25) is 0 Å². The summed E-state index contributed by atoms with van der Waals surface area (Å²) in [5.74, 6) is 0. The Morgan fingerprint density at radius 1 is 0.900 bits per heavy atom. The first kappa shape index (κ1) is 18.1. The van der Waals surface area contributed by atoms with Crippen LogP contribution in [0.15, 0.2) is 96.5 Å². The van der Waals surface area contributed by atoms with Crippen molar-refractivity contribution in [1.82, 2.24) is 19.4 Å². The maximum absolute atomic E-state index is 4.87. The van der Waals surface area contributed by atoms with Gasteiger partial charge < -0.3 is 0 Å². The number of nitrogens with zero attached hydrogens (tertiary/aromatic N) is 5. The zero-order valence-corrected chi connectivity index (χ0v) is 16.7. The van der Waals surface area contributed by atoms with Crippen LogP contribution in [0.3, 0.4) is 0 Å². The number of para-hydroxylation sites is 2. The molecule has 0 bridgehead atoms. The standard InChI is InChI=1S/C25H21N5/c1-19-11-13-21(14-12-19)25-22(17-29(28-25)16-20-7-3-2-4-8-20)15-27-30-18-26-23-9-5-6-10-24(23)30/h2-15,17-18H,16H2,1H3/b27-15-. The molecule has 5 aromatic rings. The molecule has 5 nitrogen and oxygen atoms in total. The summed E-state index contributed by atoms with van der Waals surface area (Å²) in [6.45, 7) is 2.80. The van der Waals surface area contributed by atoms with E-state index in [2.05, 4.69) is 53.4 Å². The average molecular weight is 391 g/mol. The van der Waals surface area contributed by atoms with Crippen LogP contribution < -0.4 is 0 Å². The van der Waals surface area contributed by atoms with E-state index in [4.69, 9.17) is 5.10 Å². The molecule has 0 fully saturated rings. The highest BCUT2D eigenvalue weighted by molar-refractivity contribution is 5.89. The van der Waals surface area contributed by atoms with E-state index >= 15 is 0 Å². The van der Waals surface area contributed by atoms with Crippen LogP contribution in [-0.2, 0) is 6.54 Å². The number of aryl methyl sites for hydroxylation is 1. The molecule has 0 aliphatic carbocycles. The topological polar surface area (TPSA) is 48.0 Å². The lowest BCUT2D eigenvalue weighted by molar-refractivity contribution is 0.689. The molecule has 2 heterocycles.